The first-order valence-corrected chi connectivity index (χ1v) is 9.22. The predicted molar refractivity (Wildman–Crippen MR) is 100.0 cm³/mol. The van der Waals surface area contributed by atoms with Crippen molar-refractivity contribution >= 4 is 17.6 Å². The number of nitrogens with zero attached hydrogens (tertiary/aromatic N) is 2. The molecule has 0 aliphatic carbocycles. The minimum Gasteiger partial charge on any atom is -0.475 e. The van der Waals surface area contributed by atoms with E-state index in [1.807, 2.05) is 35.4 Å². The maximum atomic E-state index is 12.4. The summed E-state index contributed by atoms with van der Waals surface area (Å²) >= 11 is 0. The van der Waals surface area contributed by atoms with Gasteiger partial charge in [0.2, 0.25) is 0 Å². The van der Waals surface area contributed by atoms with E-state index >= 15 is 0 Å². The third-order valence-electron chi connectivity index (χ3n) is 4.92. The molecule has 2 aliphatic heterocycles. The number of amides is 1. The second-order valence-electron chi connectivity index (χ2n) is 7.14. The molecule has 30 heavy (non-hydrogen) atoms. The maximum Gasteiger partial charge on any atom is 0.490 e. The zero-order valence-electron chi connectivity index (χ0n) is 15.9. The van der Waals surface area contributed by atoms with E-state index in [1.165, 1.54) is 0 Å². The number of rotatable bonds is 3. The molecule has 4 rings (SSSR count). The molecular weight excluding hydrogens is 405 g/mol. The average molecular weight is 426 g/mol. The fourth-order valence-electron chi connectivity index (χ4n) is 3.56. The highest BCUT2D eigenvalue weighted by molar-refractivity contribution is 5.92. The summed E-state index contributed by atoms with van der Waals surface area (Å²) in [7, 11) is 0. The highest BCUT2D eigenvalue weighted by atomic mass is 19.4. The maximum absolute atomic E-state index is 12.4. The van der Waals surface area contributed by atoms with Crippen molar-refractivity contribution in [2.75, 3.05) is 25.0 Å². The minimum atomic E-state index is -5.08. The molecule has 11 heteroatoms. The van der Waals surface area contributed by atoms with Gasteiger partial charge in [0.25, 0.3) is 5.91 Å². The summed E-state index contributed by atoms with van der Waals surface area (Å²) in [6, 6.07) is 7.85. The van der Waals surface area contributed by atoms with Gasteiger partial charge in [0.15, 0.2) is 0 Å². The van der Waals surface area contributed by atoms with Crippen molar-refractivity contribution in [2.24, 2.45) is 0 Å². The summed E-state index contributed by atoms with van der Waals surface area (Å²) in [5.41, 5.74) is 1.45. The summed E-state index contributed by atoms with van der Waals surface area (Å²) in [6.45, 7) is 2.08. The van der Waals surface area contributed by atoms with Crippen LogP contribution in [0.2, 0.25) is 0 Å². The fourth-order valence-corrected chi connectivity index (χ4v) is 3.56. The number of halogens is 3. The quantitative estimate of drug-likeness (QED) is 0.696. The van der Waals surface area contributed by atoms with Crippen LogP contribution in [0, 0.1) is 0 Å². The van der Waals surface area contributed by atoms with E-state index in [1.54, 1.807) is 12.4 Å². The lowest BCUT2D eigenvalue weighted by Crippen LogP contribution is -2.36. The lowest BCUT2D eigenvalue weighted by Gasteiger charge is -2.23. The summed E-state index contributed by atoms with van der Waals surface area (Å²) in [6.07, 6.45) is 2.08. The standard InChI is InChI=1S/C17H20N4O2.C2HF3O2/c22-16(15-4-2-7-19-15)21-8-5-17(12-21)9-14(11-23-17)20-13-3-1-6-18-10-13;3-2(4,5)1(6)7/h1-4,6-7,10,14,19-20H,5,8-9,11-12H2;(H,6,7). The average Bonchev–Trinajstić information content (AvgIpc) is 3.45. The van der Waals surface area contributed by atoms with Crippen molar-refractivity contribution in [1.29, 1.82) is 0 Å². The Hall–Kier alpha value is -3.08. The number of aromatic amines is 1. The Morgan fingerprint density at radius 1 is 1.33 bits per heavy atom. The van der Waals surface area contributed by atoms with Gasteiger partial charge in [-0.05, 0) is 30.7 Å². The first kappa shape index (κ1) is 21.6. The smallest absolute Gasteiger partial charge is 0.475 e. The van der Waals surface area contributed by atoms with Crippen LogP contribution in [-0.2, 0) is 9.53 Å². The number of carbonyl (C=O) groups excluding carboxylic acids is 1. The summed E-state index contributed by atoms with van der Waals surface area (Å²) in [4.78, 5) is 30.3. The van der Waals surface area contributed by atoms with Crippen molar-refractivity contribution in [3.8, 4) is 0 Å². The van der Waals surface area contributed by atoms with Crippen LogP contribution >= 0.6 is 0 Å². The largest absolute Gasteiger partial charge is 0.490 e. The molecule has 0 aromatic carbocycles. The number of carbonyl (C=O) groups is 2. The van der Waals surface area contributed by atoms with Gasteiger partial charge in [-0.1, -0.05) is 0 Å². The van der Waals surface area contributed by atoms with Crippen LogP contribution < -0.4 is 5.32 Å². The zero-order valence-corrected chi connectivity index (χ0v) is 15.9. The number of ether oxygens (including phenoxy) is 1. The zero-order chi connectivity index (χ0) is 21.8. The van der Waals surface area contributed by atoms with Crippen LogP contribution in [0.25, 0.3) is 0 Å². The van der Waals surface area contributed by atoms with E-state index in [4.69, 9.17) is 14.6 Å². The van der Waals surface area contributed by atoms with E-state index < -0.39 is 12.1 Å². The number of nitrogens with one attached hydrogen (secondary N) is 2. The number of alkyl halides is 3. The van der Waals surface area contributed by atoms with Gasteiger partial charge < -0.3 is 25.0 Å². The van der Waals surface area contributed by atoms with Crippen LogP contribution in [0.5, 0.6) is 0 Å². The number of hydrogen-bond donors (Lipinski definition) is 3. The van der Waals surface area contributed by atoms with E-state index in [9.17, 15) is 18.0 Å². The molecule has 2 aromatic heterocycles. The summed E-state index contributed by atoms with van der Waals surface area (Å²) < 4.78 is 37.8. The Bertz CT molecular complexity index is 860. The number of pyridine rings is 1. The van der Waals surface area contributed by atoms with Gasteiger partial charge in [-0.25, -0.2) is 4.79 Å². The normalized spacial score (nSPS) is 23.2. The molecule has 0 bridgehead atoms. The molecule has 2 aromatic rings. The SMILES string of the molecule is O=C(O)C(F)(F)F.O=C(c1ccc[nH]1)N1CCC2(CC(Nc3cccnc3)CO2)C1. The van der Waals surface area contributed by atoms with Crippen LogP contribution in [-0.4, -0.2) is 69.4 Å². The monoisotopic (exact) mass is 426 g/mol. The Morgan fingerprint density at radius 3 is 2.70 bits per heavy atom. The number of H-pyrrole nitrogens is 1. The molecule has 1 spiro atoms. The lowest BCUT2D eigenvalue weighted by atomic mass is 9.97. The first-order chi connectivity index (χ1) is 14.2. The van der Waals surface area contributed by atoms with Gasteiger partial charge in [-0.2, -0.15) is 13.2 Å². The number of aromatic nitrogens is 2. The van der Waals surface area contributed by atoms with Gasteiger partial charge in [0.1, 0.15) is 5.69 Å². The molecule has 0 radical (unpaired) electrons. The van der Waals surface area contributed by atoms with Crippen molar-refractivity contribution in [3.63, 3.8) is 0 Å². The number of likely N-dealkylation sites (tertiary alicyclic amines) is 1. The number of aliphatic carboxylic acids is 1. The van der Waals surface area contributed by atoms with Crippen molar-refractivity contribution < 1.29 is 32.6 Å². The summed E-state index contributed by atoms with van der Waals surface area (Å²) in [5.74, 6) is -2.70. The minimum absolute atomic E-state index is 0.0548. The summed E-state index contributed by atoms with van der Waals surface area (Å²) in [5, 5.41) is 10.6. The number of hydrogen-bond acceptors (Lipinski definition) is 5. The Kier molecular flexibility index (Phi) is 6.30. The molecule has 0 saturated carbocycles. The van der Waals surface area contributed by atoms with Gasteiger partial charge in [-0.15, -0.1) is 0 Å². The molecule has 8 nitrogen and oxygen atoms in total. The molecule has 2 atom stereocenters. The predicted octanol–water partition coefficient (Wildman–Crippen LogP) is 2.53. The lowest BCUT2D eigenvalue weighted by molar-refractivity contribution is -0.192. The highest BCUT2D eigenvalue weighted by Crippen LogP contribution is 2.36. The van der Waals surface area contributed by atoms with Gasteiger partial charge in [-0.3, -0.25) is 9.78 Å². The van der Waals surface area contributed by atoms with Gasteiger partial charge >= 0.3 is 12.1 Å². The second kappa shape index (κ2) is 8.74. The number of carboxylic acid groups (broad SMARTS) is 1. The molecule has 4 heterocycles. The highest BCUT2D eigenvalue weighted by Gasteiger charge is 2.47. The third kappa shape index (κ3) is 5.29. The molecule has 2 saturated heterocycles. The van der Waals surface area contributed by atoms with Crippen molar-refractivity contribution in [2.45, 2.75) is 30.7 Å². The second-order valence-corrected chi connectivity index (χ2v) is 7.14. The van der Waals surface area contributed by atoms with Crippen LogP contribution in [0.3, 0.4) is 0 Å². The molecule has 2 fully saturated rings. The molecule has 162 valence electrons. The molecule has 2 unspecified atom stereocenters. The first-order valence-electron chi connectivity index (χ1n) is 9.22. The van der Waals surface area contributed by atoms with Crippen LogP contribution in [0.15, 0.2) is 42.9 Å². The Morgan fingerprint density at radius 2 is 2.10 bits per heavy atom. The number of carboxylic acids is 1. The number of anilines is 1. The molecule has 2 aliphatic rings. The van der Waals surface area contributed by atoms with Crippen molar-refractivity contribution in [3.05, 3.63) is 48.5 Å². The Balaban J connectivity index is 0.000000318. The molecule has 1 amide bonds. The topological polar surface area (TPSA) is 108 Å². The van der Waals surface area contributed by atoms with E-state index in [-0.39, 0.29) is 17.6 Å². The van der Waals surface area contributed by atoms with Crippen LogP contribution in [0.4, 0.5) is 18.9 Å². The van der Waals surface area contributed by atoms with Gasteiger partial charge in [0.05, 0.1) is 30.5 Å². The molecular formula is C19H21F3N4O4. The van der Waals surface area contributed by atoms with Crippen molar-refractivity contribution in [1.82, 2.24) is 14.9 Å². The van der Waals surface area contributed by atoms with Gasteiger partial charge in [0, 0.05) is 31.6 Å². The van der Waals surface area contributed by atoms with Crippen LogP contribution in [0.1, 0.15) is 23.3 Å². The molecule has 3 N–H and O–H groups in total. The van der Waals surface area contributed by atoms with E-state index in [2.05, 4.69) is 15.3 Å². The van der Waals surface area contributed by atoms with E-state index in [0.717, 1.165) is 25.1 Å². The Labute approximate surface area is 170 Å². The van der Waals surface area contributed by atoms with E-state index in [0.29, 0.717) is 18.8 Å². The third-order valence-corrected chi connectivity index (χ3v) is 4.92. The fraction of sp³-hybridized carbons (Fsp3) is 0.421.